The maximum Gasteiger partial charge on any atom is 0.230 e. The van der Waals surface area contributed by atoms with Crippen LogP contribution in [0.5, 0.6) is 5.75 Å². The molecule has 208 valence electrons. The number of ether oxygens (including phenoxy) is 1. The fourth-order valence-electron chi connectivity index (χ4n) is 6.46. The number of aryl methyl sites for hydroxylation is 1. The molecule has 0 radical (unpaired) electrons. The van der Waals surface area contributed by atoms with E-state index in [2.05, 4.69) is 59.3 Å². The van der Waals surface area contributed by atoms with Crippen LogP contribution >= 0.6 is 0 Å². The molecule has 3 fully saturated rings. The van der Waals surface area contributed by atoms with Crippen molar-refractivity contribution in [2.75, 3.05) is 18.6 Å². The van der Waals surface area contributed by atoms with Crippen LogP contribution < -0.4 is 15.4 Å². The monoisotopic (exact) mass is 527 g/mol. The predicted octanol–water partition coefficient (Wildman–Crippen LogP) is 7.42. The van der Waals surface area contributed by atoms with Crippen molar-refractivity contribution in [3.63, 3.8) is 0 Å². The van der Waals surface area contributed by atoms with Crippen LogP contribution in [0, 0.1) is 18.8 Å². The zero-order valence-electron chi connectivity index (χ0n) is 23.8. The highest BCUT2D eigenvalue weighted by molar-refractivity contribution is 6.10. The lowest BCUT2D eigenvalue weighted by atomic mass is 9.78. The molecule has 5 heteroatoms. The van der Waals surface area contributed by atoms with Crippen molar-refractivity contribution in [3.8, 4) is 5.75 Å². The van der Waals surface area contributed by atoms with E-state index in [9.17, 15) is 4.79 Å². The number of amides is 1. The molecule has 3 aliphatic rings. The molecule has 5 rings (SSSR count). The van der Waals surface area contributed by atoms with Crippen molar-refractivity contribution in [2.24, 2.45) is 22.6 Å². The second-order valence-corrected chi connectivity index (χ2v) is 11.9. The number of aliphatic imine (C=N–C) groups is 1. The molecule has 1 amide bonds. The first-order chi connectivity index (χ1) is 19.1. The van der Waals surface area contributed by atoms with E-state index in [0.29, 0.717) is 23.8 Å². The second-order valence-electron chi connectivity index (χ2n) is 11.9. The van der Waals surface area contributed by atoms with Gasteiger partial charge in [-0.15, -0.1) is 0 Å². The van der Waals surface area contributed by atoms with Crippen LogP contribution in [0.3, 0.4) is 0 Å². The molecule has 0 aromatic heterocycles. The van der Waals surface area contributed by atoms with Crippen molar-refractivity contribution in [3.05, 3.63) is 65.4 Å². The second kappa shape index (κ2) is 12.8. The van der Waals surface area contributed by atoms with Crippen LogP contribution in [0.1, 0.15) is 93.2 Å². The average Bonchev–Trinajstić information content (AvgIpc) is 3.81. The number of anilines is 1. The van der Waals surface area contributed by atoms with Gasteiger partial charge < -0.3 is 15.4 Å². The highest BCUT2D eigenvalue weighted by Crippen LogP contribution is 2.39. The van der Waals surface area contributed by atoms with Crippen LogP contribution in [0.15, 0.2) is 53.7 Å². The van der Waals surface area contributed by atoms with Gasteiger partial charge in [-0.2, -0.15) is 0 Å². The van der Waals surface area contributed by atoms with Gasteiger partial charge in [0.25, 0.3) is 0 Å². The number of methoxy groups -OCH3 is 1. The van der Waals surface area contributed by atoms with Crippen molar-refractivity contribution in [1.82, 2.24) is 0 Å². The number of allylic oxidation sites excluding steroid dienone is 1. The van der Waals surface area contributed by atoms with E-state index < -0.39 is 0 Å². The Morgan fingerprint density at radius 1 is 1.00 bits per heavy atom. The molecule has 5 nitrogen and oxygen atoms in total. The van der Waals surface area contributed by atoms with Crippen molar-refractivity contribution < 1.29 is 9.53 Å². The first-order valence-electron chi connectivity index (χ1n) is 15.1. The van der Waals surface area contributed by atoms with Crippen LogP contribution in [0.25, 0.3) is 5.57 Å². The van der Waals surface area contributed by atoms with Gasteiger partial charge in [0.1, 0.15) is 5.75 Å². The third kappa shape index (κ3) is 6.93. The lowest BCUT2D eigenvalue weighted by Gasteiger charge is -2.35. The summed E-state index contributed by atoms with van der Waals surface area (Å²) in [5.74, 6) is 2.50. The Kier molecular flexibility index (Phi) is 9.06. The topological polar surface area (TPSA) is 67.9 Å². The Morgan fingerprint density at radius 3 is 2.44 bits per heavy atom. The molecule has 2 N–H and O–H groups in total. The molecule has 0 spiro atoms. The highest BCUT2D eigenvalue weighted by atomic mass is 16.5. The van der Waals surface area contributed by atoms with Crippen molar-refractivity contribution in [2.45, 2.75) is 89.5 Å². The summed E-state index contributed by atoms with van der Waals surface area (Å²) in [5, 5.41) is 0. The number of nitrogens with two attached hydrogens (primary N) is 1. The minimum Gasteiger partial charge on any atom is -0.496 e. The lowest BCUT2D eigenvalue weighted by molar-refractivity contribution is -0.123. The Bertz CT molecular complexity index is 1180. The molecule has 2 aromatic carbocycles. The number of benzene rings is 2. The zero-order valence-corrected chi connectivity index (χ0v) is 23.8. The first-order valence-corrected chi connectivity index (χ1v) is 15.1. The Hall–Kier alpha value is -3.08. The average molecular weight is 528 g/mol. The fourth-order valence-corrected chi connectivity index (χ4v) is 6.46. The molecule has 3 saturated carbocycles. The highest BCUT2D eigenvalue weighted by Gasteiger charge is 2.31. The van der Waals surface area contributed by atoms with E-state index in [0.717, 1.165) is 67.6 Å². The molecule has 0 atom stereocenters. The van der Waals surface area contributed by atoms with E-state index in [1.54, 1.807) is 13.3 Å². The maximum absolute atomic E-state index is 14.0. The van der Waals surface area contributed by atoms with Gasteiger partial charge in [-0.1, -0.05) is 43.5 Å². The van der Waals surface area contributed by atoms with Crippen LogP contribution in [0.4, 0.5) is 5.69 Å². The number of rotatable bonds is 9. The standard InChI is InChI=1S/C34H45N3O2/c1-24-19-29(15-18-33(24)39-2)26-13-11-25(12-14-26)23-37(34(38)27-7-4-3-5-8-27)32-10-6-9-28(20-32)30(21-35)22-36-31-16-17-31/h6,9-10,15,18-22,25-27,31H,3-5,7-8,11-14,16-17,23,35H2,1-2H3. The molecule has 0 bridgehead atoms. The van der Waals surface area contributed by atoms with Gasteiger partial charge in [-0.05, 0) is 105 Å². The zero-order chi connectivity index (χ0) is 27.2. The SMILES string of the molecule is COc1ccc(C2CCC(CN(C(=O)C3CCCCC3)c3cccc(C(C=NC4CC4)=CN)c3)CC2)cc1C. The Labute approximate surface area is 234 Å². The Balaban J connectivity index is 1.32. The van der Waals surface area contributed by atoms with Gasteiger partial charge in [0.15, 0.2) is 0 Å². The normalized spacial score (nSPS) is 22.7. The van der Waals surface area contributed by atoms with Crippen molar-refractivity contribution >= 4 is 23.4 Å². The number of carbonyl (C=O) groups is 1. The molecular formula is C34H45N3O2. The van der Waals surface area contributed by atoms with Gasteiger partial charge in [0, 0.05) is 36.1 Å². The Morgan fingerprint density at radius 2 is 1.77 bits per heavy atom. The van der Waals surface area contributed by atoms with E-state index >= 15 is 0 Å². The quantitative estimate of drug-likeness (QED) is 0.345. The maximum atomic E-state index is 14.0. The predicted molar refractivity (Wildman–Crippen MR) is 161 cm³/mol. The third-order valence-electron chi connectivity index (χ3n) is 9.04. The molecule has 2 aromatic rings. The van der Waals surface area contributed by atoms with E-state index in [1.165, 1.54) is 43.2 Å². The number of hydrogen-bond acceptors (Lipinski definition) is 4. The molecule has 0 aliphatic heterocycles. The summed E-state index contributed by atoms with van der Waals surface area (Å²) in [6.45, 7) is 2.92. The summed E-state index contributed by atoms with van der Waals surface area (Å²) in [7, 11) is 1.73. The first kappa shape index (κ1) is 27.5. The molecule has 0 heterocycles. The fraction of sp³-hybridized carbons (Fsp3) is 0.529. The summed E-state index contributed by atoms with van der Waals surface area (Å²) in [6, 6.07) is 15.5. The molecule has 3 aliphatic carbocycles. The summed E-state index contributed by atoms with van der Waals surface area (Å²) >= 11 is 0. The van der Waals surface area contributed by atoms with Gasteiger partial charge in [0.05, 0.1) is 13.2 Å². The van der Waals surface area contributed by atoms with Gasteiger partial charge in [-0.3, -0.25) is 9.79 Å². The summed E-state index contributed by atoms with van der Waals surface area (Å²) in [4.78, 5) is 20.7. The summed E-state index contributed by atoms with van der Waals surface area (Å²) in [5.41, 5.74) is 11.6. The van der Waals surface area contributed by atoms with Gasteiger partial charge in [-0.25, -0.2) is 0 Å². The number of nitrogens with zero attached hydrogens (tertiary/aromatic N) is 2. The van der Waals surface area contributed by atoms with E-state index in [4.69, 9.17) is 10.5 Å². The lowest BCUT2D eigenvalue weighted by Crippen LogP contribution is -2.41. The van der Waals surface area contributed by atoms with Crippen LogP contribution in [-0.4, -0.2) is 31.8 Å². The smallest absolute Gasteiger partial charge is 0.230 e. The van der Waals surface area contributed by atoms with Crippen molar-refractivity contribution in [1.29, 1.82) is 0 Å². The molecular weight excluding hydrogens is 482 g/mol. The van der Waals surface area contributed by atoms with Gasteiger partial charge in [0.2, 0.25) is 5.91 Å². The van der Waals surface area contributed by atoms with Crippen LogP contribution in [0.2, 0.25) is 0 Å². The van der Waals surface area contributed by atoms with E-state index in [1.807, 2.05) is 6.21 Å². The third-order valence-corrected chi connectivity index (χ3v) is 9.04. The molecule has 39 heavy (non-hydrogen) atoms. The number of hydrogen-bond donors (Lipinski definition) is 1. The van der Waals surface area contributed by atoms with E-state index in [-0.39, 0.29) is 5.92 Å². The molecule has 0 saturated heterocycles. The summed E-state index contributed by atoms with van der Waals surface area (Å²) in [6.07, 6.45) is 16.1. The summed E-state index contributed by atoms with van der Waals surface area (Å²) < 4.78 is 5.46. The largest absolute Gasteiger partial charge is 0.496 e. The van der Waals surface area contributed by atoms with Crippen LogP contribution in [-0.2, 0) is 4.79 Å². The molecule has 0 unspecified atom stereocenters. The van der Waals surface area contributed by atoms with Gasteiger partial charge >= 0.3 is 0 Å². The minimum absolute atomic E-state index is 0.141. The minimum atomic E-state index is 0.141. The number of carbonyl (C=O) groups excluding carboxylic acids is 1.